The molecule has 0 amide bonds. The fourth-order valence-electron chi connectivity index (χ4n) is 5.32. The molecule has 3 heterocycles. The normalized spacial score (nSPS) is 17.4. The summed E-state index contributed by atoms with van der Waals surface area (Å²) in [5, 5.41) is 4.27. The van der Waals surface area contributed by atoms with Crippen molar-refractivity contribution in [3.05, 3.63) is 107 Å². The van der Waals surface area contributed by atoms with E-state index in [1.54, 1.807) is 0 Å². The standard InChI is InChI=1S/C31H34N4OS/c1-19(2)36-25-14-12-24(13-15-25)35-30(29(33-31(35)37)27-9-7-8-16-32-27)26-18-22(5)34(23(26)6)28-17-20(3)10-11-21(28)4/h7-19,29-30H,1-6H3,(H,33,37)/t29-,30+/m0/s1. The summed E-state index contributed by atoms with van der Waals surface area (Å²) < 4.78 is 8.26. The molecule has 0 radical (unpaired) electrons. The van der Waals surface area contributed by atoms with Crippen LogP contribution in [0.2, 0.25) is 0 Å². The molecule has 4 aromatic rings. The van der Waals surface area contributed by atoms with E-state index in [1.807, 2.05) is 44.3 Å². The minimum atomic E-state index is -0.0900. The molecule has 2 aromatic carbocycles. The maximum atomic E-state index is 5.94. The number of nitrogens with zero attached hydrogens (tertiary/aromatic N) is 3. The molecule has 0 aliphatic carbocycles. The van der Waals surface area contributed by atoms with Crippen LogP contribution in [0.1, 0.15) is 59.7 Å². The molecule has 5 nitrogen and oxygen atoms in total. The Balaban J connectivity index is 1.64. The van der Waals surface area contributed by atoms with Crippen LogP contribution in [0.15, 0.2) is 72.9 Å². The molecular weight excluding hydrogens is 476 g/mol. The number of nitrogens with one attached hydrogen (secondary N) is 1. The molecule has 0 spiro atoms. The molecule has 0 bridgehead atoms. The Kier molecular flexibility index (Phi) is 6.78. The van der Waals surface area contributed by atoms with Crippen LogP contribution >= 0.6 is 12.2 Å². The molecule has 1 aliphatic heterocycles. The zero-order chi connectivity index (χ0) is 26.3. The number of rotatable bonds is 6. The van der Waals surface area contributed by atoms with E-state index >= 15 is 0 Å². The van der Waals surface area contributed by atoms with Gasteiger partial charge in [0.1, 0.15) is 5.75 Å². The number of thiocarbonyl (C=S) groups is 1. The van der Waals surface area contributed by atoms with Gasteiger partial charge in [-0.3, -0.25) is 4.98 Å². The summed E-state index contributed by atoms with van der Waals surface area (Å²) in [6.45, 7) is 12.8. The highest BCUT2D eigenvalue weighted by atomic mass is 32.1. The van der Waals surface area contributed by atoms with Crippen molar-refractivity contribution in [2.24, 2.45) is 0 Å². The summed E-state index contributed by atoms with van der Waals surface area (Å²) in [7, 11) is 0. The van der Waals surface area contributed by atoms with E-state index in [0.29, 0.717) is 5.11 Å². The first-order valence-electron chi connectivity index (χ1n) is 12.8. The van der Waals surface area contributed by atoms with Crippen LogP contribution in [0.4, 0.5) is 5.69 Å². The molecule has 5 rings (SSSR count). The first-order chi connectivity index (χ1) is 17.7. The van der Waals surface area contributed by atoms with Crippen LogP contribution in [0.3, 0.4) is 0 Å². The van der Waals surface area contributed by atoms with E-state index in [2.05, 4.69) is 84.9 Å². The minimum absolute atomic E-state index is 0.0654. The summed E-state index contributed by atoms with van der Waals surface area (Å²) in [6, 6.07) is 23.0. The molecule has 1 N–H and O–H groups in total. The first kappa shape index (κ1) is 25.0. The van der Waals surface area contributed by atoms with Gasteiger partial charge in [-0.15, -0.1) is 0 Å². The fourth-order valence-corrected chi connectivity index (χ4v) is 5.67. The summed E-state index contributed by atoms with van der Waals surface area (Å²) >= 11 is 5.94. The van der Waals surface area contributed by atoms with Crippen molar-refractivity contribution in [1.82, 2.24) is 14.9 Å². The van der Waals surface area contributed by atoms with Gasteiger partial charge in [-0.2, -0.15) is 0 Å². The van der Waals surface area contributed by atoms with Crippen molar-refractivity contribution in [2.45, 2.75) is 59.7 Å². The smallest absolute Gasteiger partial charge is 0.174 e. The zero-order valence-corrected chi connectivity index (χ0v) is 23.1. The van der Waals surface area contributed by atoms with Crippen molar-refractivity contribution in [3.8, 4) is 11.4 Å². The Morgan fingerprint density at radius 2 is 1.70 bits per heavy atom. The van der Waals surface area contributed by atoms with Gasteiger partial charge in [-0.1, -0.05) is 18.2 Å². The second-order valence-electron chi connectivity index (χ2n) is 10.1. The van der Waals surface area contributed by atoms with Gasteiger partial charge in [0.05, 0.1) is 23.9 Å². The average molecular weight is 511 g/mol. The fraction of sp³-hybridized carbons (Fsp3) is 0.290. The Morgan fingerprint density at radius 1 is 0.946 bits per heavy atom. The van der Waals surface area contributed by atoms with Gasteiger partial charge in [-0.25, -0.2) is 0 Å². The van der Waals surface area contributed by atoms with Gasteiger partial charge in [0.2, 0.25) is 0 Å². The third kappa shape index (κ3) is 4.74. The maximum absolute atomic E-state index is 5.94. The lowest BCUT2D eigenvalue weighted by Crippen LogP contribution is -2.29. The Bertz CT molecular complexity index is 1430. The van der Waals surface area contributed by atoms with Crippen LogP contribution in [0, 0.1) is 27.7 Å². The summed E-state index contributed by atoms with van der Waals surface area (Å²) in [6.07, 6.45) is 1.97. The van der Waals surface area contributed by atoms with E-state index in [4.69, 9.17) is 21.9 Å². The van der Waals surface area contributed by atoms with Crippen molar-refractivity contribution in [2.75, 3.05) is 4.90 Å². The van der Waals surface area contributed by atoms with Crippen molar-refractivity contribution in [3.63, 3.8) is 0 Å². The third-order valence-corrected chi connectivity index (χ3v) is 7.29. The molecule has 0 saturated carbocycles. The number of aromatic nitrogens is 2. The summed E-state index contributed by atoms with van der Waals surface area (Å²) in [5.41, 5.74) is 9.32. The Hall–Kier alpha value is -3.64. The van der Waals surface area contributed by atoms with E-state index < -0.39 is 0 Å². The van der Waals surface area contributed by atoms with Crippen LogP contribution in [0.25, 0.3) is 5.69 Å². The van der Waals surface area contributed by atoms with Gasteiger partial charge >= 0.3 is 0 Å². The minimum Gasteiger partial charge on any atom is -0.491 e. The van der Waals surface area contributed by atoms with Crippen LogP contribution < -0.4 is 15.0 Å². The lowest BCUT2D eigenvalue weighted by Gasteiger charge is -2.28. The molecule has 6 heteroatoms. The van der Waals surface area contributed by atoms with Crippen LogP contribution in [-0.2, 0) is 0 Å². The second-order valence-corrected chi connectivity index (χ2v) is 10.5. The molecule has 1 fully saturated rings. The number of anilines is 1. The molecule has 1 aliphatic rings. The predicted octanol–water partition coefficient (Wildman–Crippen LogP) is 7.07. The number of aryl methyl sites for hydroxylation is 3. The molecule has 2 aromatic heterocycles. The largest absolute Gasteiger partial charge is 0.491 e. The average Bonchev–Trinajstić information content (AvgIpc) is 3.36. The predicted molar refractivity (Wildman–Crippen MR) is 155 cm³/mol. The number of hydrogen-bond acceptors (Lipinski definition) is 3. The lowest BCUT2D eigenvalue weighted by molar-refractivity contribution is 0.242. The number of benzene rings is 2. The summed E-state index contributed by atoms with van der Waals surface area (Å²) in [5.74, 6) is 0.850. The zero-order valence-electron chi connectivity index (χ0n) is 22.3. The van der Waals surface area contributed by atoms with Crippen molar-refractivity contribution < 1.29 is 4.74 Å². The second kappa shape index (κ2) is 10.0. The van der Waals surface area contributed by atoms with Gasteiger partial charge < -0.3 is 19.5 Å². The molecule has 190 valence electrons. The van der Waals surface area contributed by atoms with Gasteiger partial charge in [0, 0.05) is 29.0 Å². The quantitative estimate of drug-likeness (QED) is 0.281. The molecule has 1 saturated heterocycles. The molecule has 2 atom stereocenters. The Morgan fingerprint density at radius 3 is 2.38 bits per heavy atom. The van der Waals surface area contributed by atoms with Crippen LogP contribution in [-0.4, -0.2) is 20.8 Å². The highest BCUT2D eigenvalue weighted by molar-refractivity contribution is 7.80. The topological polar surface area (TPSA) is 42.3 Å². The van der Waals surface area contributed by atoms with Gasteiger partial charge in [-0.05, 0) is 119 Å². The molecular formula is C31H34N4OS. The first-order valence-corrected chi connectivity index (χ1v) is 13.2. The van der Waals surface area contributed by atoms with E-state index in [0.717, 1.165) is 17.1 Å². The summed E-state index contributed by atoms with van der Waals surface area (Å²) in [4.78, 5) is 6.94. The molecule has 0 unspecified atom stereocenters. The van der Waals surface area contributed by atoms with E-state index in [-0.39, 0.29) is 18.2 Å². The van der Waals surface area contributed by atoms with Crippen LogP contribution in [0.5, 0.6) is 5.75 Å². The monoisotopic (exact) mass is 510 g/mol. The number of pyridine rings is 1. The van der Waals surface area contributed by atoms with Crippen molar-refractivity contribution >= 4 is 23.0 Å². The van der Waals surface area contributed by atoms with E-state index in [9.17, 15) is 0 Å². The third-order valence-electron chi connectivity index (χ3n) is 6.98. The van der Waals surface area contributed by atoms with Gasteiger partial charge in [0.25, 0.3) is 0 Å². The van der Waals surface area contributed by atoms with Crippen molar-refractivity contribution in [1.29, 1.82) is 0 Å². The highest BCUT2D eigenvalue weighted by Gasteiger charge is 2.42. The number of ether oxygens (including phenoxy) is 1. The SMILES string of the molecule is Cc1ccc(C)c(-n2c(C)cc([C@@H]3[C@H](c4ccccn4)NC(=S)N3c3ccc(OC(C)C)cc3)c2C)c1. The number of hydrogen-bond donors (Lipinski definition) is 1. The Labute approximate surface area is 225 Å². The van der Waals surface area contributed by atoms with E-state index in [1.165, 1.54) is 33.8 Å². The lowest BCUT2D eigenvalue weighted by atomic mass is 9.96. The maximum Gasteiger partial charge on any atom is 0.174 e. The van der Waals surface area contributed by atoms with Gasteiger partial charge in [0.15, 0.2) is 5.11 Å². The highest BCUT2D eigenvalue weighted by Crippen LogP contribution is 2.44. The molecule has 37 heavy (non-hydrogen) atoms.